The number of halogens is 2. The number of hydrogen-bond donors (Lipinski definition) is 1. The third-order valence-electron chi connectivity index (χ3n) is 5.26. The lowest BCUT2D eigenvalue weighted by molar-refractivity contribution is -0.118. The molecule has 8 heteroatoms. The van der Waals surface area contributed by atoms with E-state index >= 15 is 0 Å². The van der Waals surface area contributed by atoms with Crippen LogP contribution in [0.1, 0.15) is 15.2 Å². The van der Waals surface area contributed by atoms with Gasteiger partial charge < -0.3 is 14.8 Å². The number of methoxy groups -OCH3 is 1. The van der Waals surface area contributed by atoms with Gasteiger partial charge in [-0.2, -0.15) is 0 Å². The van der Waals surface area contributed by atoms with E-state index in [-0.39, 0.29) is 12.5 Å². The molecule has 0 saturated heterocycles. The average molecular weight is 615 g/mol. The maximum atomic E-state index is 12.7. The van der Waals surface area contributed by atoms with E-state index in [1.807, 2.05) is 79.7 Å². The summed E-state index contributed by atoms with van der Waals surface area (Å²) in [5.74, 6) is -0.341. The molecule has 0 aliphatic heterocycles. The van der Waals surface area contributed by atoms with E-state index in [9.17, 15) is 9.59 Å². The third kappa shape index (κ3) is 5.83. The zero-order chi connectivity index (χ0) is 24.9. The maximum Gasteiger partial charge on any atom is 0.341 e. The summed E-state index contributed by atoms with van der Waals surface area (Å²) >= 11 is 8.28. The SMILES string of the molecule is COC(=O)c1c(NC(=O)COc2ccc(-c3ccccc3)cc2Br)sc(C)c1-c1ccc(Br)cc1. The molecule has 0 saturated carbocycles. The van der Waals surface area contributed by atoms with Gasteiger partial charge in [0.15, 0.2) is 6.61 Å². The molecule has 0 atom stereocenters. The largest absolute Gasteiger partial charge is 0.483 e. The van der Waals surface area contributed by atoms with Gasteiger partial charge in [-0.1, -0.05) is 64.5 Å². The summed E-state index contributed by atoms with van der Waals surface area (Å²) in [7, 11) is 1.33. The fourth-order valence-electron chi connectivity index (χ4n) is 3.63. The molecule has 35 heavy (non-hydrogen) atoms. The van der Waals surface area contributed by atoms with Crippen molar-refractivity contribution in [3.05, 3.63) is 92.2 Å². The van der Waals surface area contributed by atoms with Crippen LogP contribution in [-0.2, 0) is 9.53 Å². The summed E-state index contributed by atoms with van der Waals surface area (Å²) in [5, 5.41) is 3.25. The Morgan fingerprint density at radius 1 is 0.914 bits per heavy atom. The van der Waals surface area contributed by atoms with Crippen molar-refractivity contribution >= 4 is 60.1 Å². The molecule has 178 valence electrons. The minimum atomic E-state index is -0.511. The quantitative estimate of drug-likeness (QED) is 0.216. The summed E-state index contributed by atoms with van der Waals surface area (Å²) in [5.41, 5.74) is 4.06. The second-order valence-corrected chi connectivity index (χ2v) is 10.6. The Morgan fingerprint density at radius 2 is 1.60 bits per heavy atom. The molecule has 4 rings (SSSR count). The Morgan fingerprint density at radius 3 is 2.26 bits per heavy atom. The number of carbonyl (C=O) groups excluding carboxylic acids is 2. The minimum Gasteiger partial charge on any atom is -0.483 e. The molecule has 0 radical (unpaired) electrons. The predicted octanol–water partition coefficient (Wildman–Crippen LogP) is 7.72. The number of benzene rings is 3. The van der Waals surface area contributed by atoms with Gasteiger partial charge in [0.2, 0.25) is 0 Å². The van der Waals surface area contributed by atoms with Crippen LogP contribution in [0.3, 0.4) is 0 Å². The Kier molecular flexibility index (Phi) is 8.05. The first-order valence-electron chi connectivity index (χ1n) is 10.6. The number of anilines is 1. The Hall–Kier alpha value is -2.94. The first-order chi connectivity index (χ1) is 16.9. The highest BCUT2D eigenvalue weighted by atomic mass is 79.9. The molecule has 5 nitrogen and oxygen atoms in total. The highest BCUT2D eigenvalue weighted by molar-refractivity contribution is 9.10. The molecule has 1 heterocycles. The van der Waals surface area contributed by atoms with Gasteiger partial charge in [0, 0.05) is 14.9 Å². The molecule has 1 N–H and O–H groups in total. The van der Waals surface area contributed by atoms with Gasteiger partial charge in [0.1, 0.15) is 16.3 Å². The molecule has 1 aromatic heterocycles. The normalized spacial score (nSPS) is 10.6. The van der Waals surface area contributed by atoms with Gasteiger partial charge in [-0.15, -0.1) is 11.3 Å². The van der Waals surface area contributed by atoms with E-state index in [4.69, 9.17) is 9.47 Å². The number of ether oxygens (including phenoxy) is 2. The number of aryl methyl sites for hydroxylation is 1. The Bertz CT molecular complexity index is 1370. The molecule has 0 fully saturated rings. The van der Waals surface area contributed by atoms with E-state index in [2.05, 4.69) is 37.2 Å². The summed E-state index contributed by atoms with van der Waals surface area (Å²) in [4.78, 5) is 26.3. The molecule has 3 aromatic carbocycles. The minimum absolute atomic E-state index is 0.214. The van der Waals surface area contributed by atoms with E-state index in [0.29, 0.717) is 16.3 Å². The highest BCUT2D eigenvalue weighted by Crippen LogP contribution is 2.40. The number of esters is 1. The topological polar surface area (TPSA) is 64.6 Å². The lowest BCUT2D eigenvalue weighted by Gasteiger charge is -2.11. The molecular weight excluding hydrogens is 594 g/mol. The van der Waals surface area contributed by atoms with Crippen LogP contribution in [0.15, 0.2) is 81.7 Å². The zero-order valence-electron chi connectivity index (χ0n) is 18.9. The van der Waals surface area contributed by atoms with Gasteiger partial charge >= 0.3 is 5.97 Å². The number of nitrogens with one attached hydrogen (secondary N) is 1. The van der Waals surface area contributed by atoms with Crippen molar-refractivity contribution in [2.24, 2.45) is 0 Å². The van der Waals surface area contributed by atoms with Crippen molar-refractivity contribution in [1.29, 1.82) is 0 Å². The molecule has 0 unspecified atom stereocenters. The van der Waals surface area contributed by atoms with Crippen LogP contribution in [0.4, 0.5) is 5.00 Å². The number of rotatable bonds is 7. The van der Waals surface area contributed by atoms with Gasteiger partial charge in [-0.3, -0.25) is 4.79 Å². The van der Waals surface area contributed by atoms with Crippen molar-refractivity contribution in [2.45, 2.75) is 6.92 Å². The van der Waals surface area contributed by atoms with E-state index < -0.39 is 5.97 Å². The Labute approximate surface area is 224 Å². The standard InChI is InChI=1S/C27H21Br2NO4S/c1-16-24(18-8-11-20(28)12-9-18)25(27(32)33-2)26(35-16)30-23(31)15-34-22-13-10-19(14-21(22)29)17-6-4-3-5-7-17/h3-14H,15H2,1-2H3,(H,30,31). The molecule has 1 amide bonds. The predicted molar refractivity (Wildman–Crippen MR) is 147 cm³/mol. The van der Waals surface area contributed by atoms with Crippen molar-refractivity contribution in [3.63, 3.8) is 0 Å². The lowest BCUT2D eigenvalue weighted by atomic mass is 10.0. The van der Waals surface area contributed by atoms with E-state index in [0.717, 1.165) is 36.1 Å². The van der Waals surface area contributed by atoms with Crippen LogP contribution in [0.5, 0.6) is 5.75 Å². The van der Waals surface area contributed by atoms with Gasteiger partial charge in [-0.05, 0) is 63.8 Å². The fourth-order valence-corrected chi connectivity index (χ4v) is 5.47. The third-order valence-corrected chi connectivity index (χ3v) is 7.43. The van der Waals surface area contributed by atoms with E-state index in [1.165, 1.54) is 18.4 Å². The Balaban J connectivity index is 1.51. The van der Waals surface area contributed by atoms with Crippen molar-refractivity contribution in [1.82, 2.24) is 0 Å². The summed E-state index contributed by atoms with van der Waals surface area (Å²) < 4.78 is 12.4. The highest BCUT2D eigenvalue weighted by Gasteiger charge is 2.25. The van der Waals surface area contributed by atoms with Crippen LogP contribution >= 0.6 is 43.2 Å². The maximum absolute atomic E-state index is 12.7. The van der Waals surface area contributed by atoms with Gasteiger partial charge in [-0.25, -0.2) is 4.79 Å². The number of amides is 1. The molecule has 4 aromatic rings. The van der Waals surface area contributed by atoms with Crippen LogP contribution in [0, 0.1) is 6.92 Å². The lowest BCUT2D eigenvalue weighted by Crippen LogP contribution is -2.21. The van der Waals surface area contributed by atoms with Crippen LogP contribution in [0.25, 0.3) is 22.3 Å². The summed E-state index contributed by atoms with van der Waals surface area (Å²) in [6.07, 6.45) is 0. The van der Waals surface area contributed by atoms with Crippen molar-refractivity contribution < 1.29 is 19.1 Å². The van der Waals surface area contributed by atoms with Crippen LogP contribution in [-0.4, -0.2) is 25.6 Å². The first-order valence-corrected chi connectivity index (χ1v) is 13.0. The number of hydrogen-bond acceptors (Lipinski definition) is 5. The number of carbonyl (C=O) groups is 2. The van der Waals surface area contributed by atoms with Gasteiger partial charge in [0.25, 0.3) is 5.91 Å². The molecule has 0 aliphatic rings. The monoisotopic (exact) mass is 613 g/mol. The molecule has 0 aliphatic carbocycles. The van der Waals surface area contributed by atoms with Crippen molar-refractivity contribution in [2.75, 3.05) is 19.0 Å². The second kappa shape index (κ2) is 11.2. The van der Waals surface area contributed by atoms with Crippen molar-refractivity contribution in [3.8, 4) is 28.0 Å². The number of thiophene rings is 1. The molecular formula is C27H21Br2NO4S. The van der Waals surface area contributed by atoms with E-state index in [1.54, 1.807) is 0 Å². The molecule has 0 bridgehead atoms. The first kappa shape index (κ1) is 25.2. The summed E-state index contributed by atoms with van der Waals surface area (Å²) in [6, 6.07) is 23.3. The zero-order valence-corrected chi connectivity index (χ0v) is 22.9. The summed E-state index contributed by atoms with van der Waals surface area (Å²) in [6.45, 7) is 1.69. The van der Waals surface area contributed by atoms with Crippen LogP contribution < -0.4 is 10.1 Å². The second-order valence-electron chi connectivity index (χ2n) is 7.58. The fraction of sp³-hybridized carbons (Fsp3) is 0.111. The molecule has 0 spiro atoms. The smallest absolute Gasteiger partial charge is 0.341 e. The van der Waals surface area contributed by atoms with Gasteiger partial charge in [0.05, 0.1) is 11.6 Å². The van der Waals surface area contributed by atoms with Crippen LogP contribution in [0.2, 0.25) is 0 Å². The average Bonchev–Trinajstić information content (AvgIpc) is 3.19.